The van der Waals surface area contributed by atoms with Crippen LogP contribution in [0.5, 0.6) is 11.5 Å². The number of hydrogen-bond donors (Lipinski definition) is 2. The average Bonchev–Trinajstić information content (AvgIpc) is 2.36. The minimum atomic E-state index is -0.520. The topological polar surface area (TPSA) is 60.0 Å². The van der Waals surface area contributed by atoms with E-state index in [4.69, 9.17) is 14.2 Å². The van der Waals surface area contributed by atoms with Gasteiger partial charge in [-0.15, -0.1) is 0 Å². The molecule has 1 aliphatic rings. The van der Waals surface area contributed by atoms with E-state index in [0.29, 0.717) is 26.4 Å². The van der Waals surface area contributed by atoms with Crippen LogP contribution >= 0.6 is 0 Å². The summed E-state index contributed by atoms with van der Waals surface area (Å²) in [7, 11) is 1.56. The van der Waals surface area contributed by atoms with E-state index in [9.17, 15) is 5.11 Å². The van der Waals surface area contributed by atoms with Crippen molar-refractivity contribution in [3.63, 3.8) is 0 Å². The van der Waals surface area contributed by atoms with E-state index in [0.717, 1.165) is 17.2 Å². The van der Waals surface area contributed by atoms with Gasteiger partial charge in [0.25, 0.3) is 0 Å². The molecule has 1 atom stereocenters. The van der Waals surface area contributed by atoms with E-state index >= 15 is 0 Å². The number of methoxy groups -OCH3 is 1. The highest BCUT2D eigenvalue weighted by atomic mass is 16.6. The van der Waals surface area contributed by atoms with Crippen molar-refractivity contribution in [2.24, 2.45) is 0 Å². The number of aliphatic hydroxyl groups is 1. The van der Waals surface area contributed by atoms with Crippen molar-refractivity contribution < 1.29 is 19.3 Å². The summed E-state index contributed by atoms with van der Waals surface area (Å²) in [6.45, 7) is 1.92. The zero-order chi connectivity index (χ0) is 12.1. The predicted molar refractivity (Wildman–Crippen MR) is 63.8 cm³/mol. The Morgan fingerprint density at radius 2 is 2.12 bits per heavy atom. The Morgan fingerprint density at radius 1 is 1.35 bits per heavy atom. The zero-order valence-corrected chi connectivity index (χ0v) is 9.81. The molecule has 0 amide bonds. The molecule has 2 N–H and O–H groups in total. The lowest BCUT2D eigenvalue weighted by Crippen LogP contribution is -2.24. The molecule has 17 heavy (non-hydrogen) atoms. The summed E-state index contributed by atoms with van der Waals surface area (Å²) in [6.07, 6.45) is -0.520. The van der Waals surface area contributed by atoms with Crippen LogP contribution in [-0.2, 0) is 4.74 Å². The van der Waals surface area contributed by atoms with Gasteiger partial charge in [-0.05, 0) is 12.1 Å². The van der Waals surface area contributed by atoms with Gasteiger partial charge in [-0.1, -0.05) is 0 Å². The SMILES string of the molecule is COCC(O)CNc1ccc2c(c1)OCCO2. The first-order chi connectivity index (χ1) is 8.29. The van der Waals surface area contributed by atoms with Crippen LogP contribution in [0.4, 0.5) is 5.69 Å². The van der Waals surface area contributed by atoms with E-state index in [1.165, 1.54) is 0 Å². The third-order valence-electron chi connectivity index (χ3n) is 2.44. The Balaban J connectivity index is 1.93. The molecule has 0 bridgehead atoms. The maximum absolute atomic E-state index is 9.51. The van der Waals surface area contributed by atoms with E-state index < -0.39 is 6.10 Å². The normalized spacial score (nSPS) is 15.4. The quantitative estimate of drug-likeness (QED) is 0.798. The Labute approximate surface area is 100 Å². The number of fused-ring (bicyclic) bond motifs is 1. The van der Waals surface area contributed by atoms with Crippen molar-refractivity contribution in [1.82, 2.24) is 0 Å². The molecular weight excluding hydrogens is 222 g/mol. The molecule has 94 valence electrons. The standard InChI is InChI=1S/C12H17NO4/c1-15-8-10(14)7-13-9-2-3-11-12(6-9)17-5-4-16-11/h2-3,6,10,13-14H,4-5,7-8H2,1H3. The Kier molecular flexibility index (Phi) is 4.06. The summed E-state index contributed by atoms with van der Waals surface area (Å²) in [5.74, 6) is 1.50. The number of nitrogens with one attached hydrogen (secondary N) is 1. The molecule has 5 nitrogen and oxygen atoms in total. The molecule has 2 rings (SSSR count). The van der Waals surface area contributed by atoms with E-state index in [2.05, 4.69) is 5.32 Å². The fourth-order valence-electron chi connectivity index (χ4n) is 1.64. The maximum Gasteiger partial charge on any atom is 0.163 e. The van der Waals surface area contributed by atoms with Crippen molar-refractivity contribution in [3.05, 3.63) is 18.2 Å². The summed E-state index contributed by atoms with van der Waals surface area (Å²) >= 11 is 0. The fraction of sp³-hybridized carbons (Fsp3) is 0.500. The first-order valence-corrected chi connectivity index (χ1v) is 5.60. The number of hydrogen-bond acceptors (Lipinski definition) is 5. The minimum Gasteiger partial charge on any atom is -0.486 e. The van der Waals surface area contributed by atoms with Gasteiger partial charge in [0.1, 0.15) is 13.2 Å². The molecule has 0 saturated heterocycles. The van der Waals surface area contributed by atoms with Crippen LogP contribution in [0.1, 0.15) is 0 Å². The van der Waals surface area contributed by atoms with Gasteiger partial charge >= 0.3 is 0 Å². The largest absolute Gasteiger partial charge is 0.486 e. The average molecular weight is 239 g/mol. The predicted octanol–water partition coefficient (Wildman–Crippen LogP) is 0.877. The molecule has 1 aromatic rings. The Morgan fingerprint density at radius 3 is 2.88 bits per heavy atom. The van der Waals surface area contributed by atoms with Crippen molar-refractivity contribution >= 4 is 5.69 Å². The Bertz CT molecular complexity index is 370. The second-order valence-corrected chi connectivity index (χ2v) is 3.85. The number of benzene rings is 1. The van der Waals surface area contributed by atoms with E-state index in [1.54, 1.807) is 7.11 Å². The highest BCUT2D eigenvalue weighted by Crippen LogP contribution is 2.32. The number of anilines is 1. The third kappa shape index (κ3) is 3.25. The van der Waals surface area contributed by atoms with Crippen molar-refractivity contribution in [2.45, 2.75) is 6.10 Å². The van der Waals surface area contributed by atoms with Gasteiger partial charge < -0.3 is 24.6 Å². The van der Waals surface area contributed by atoms with Crippen molar-refractivity contribution in [1.29, 1.82) is 0 Å². The van der Waals surface area contributed by atoms with Crippen LogP contribution in [-0.4, -0.2) is 44.7 Å². The molecule has 1 aromatic carbocycles. The van der Waals surface area contributed by atoms with Crippen LogP contribution in [0.2, 0.25) is 0 Å². The first kappa shape index (κ1) is 12.0. The molecule has 0 aliphatic carbocycles. The van der Waals surface area contributed by atoms with Crippen LogP contribution in [0, 0.1) is 0 Å². The van der Waals surface area contributed by atoms with Crippen LogP contribution in [0.25, 0.3) is 0 Å². The number of rotatable bonds is 5. The van der Waals surface area contributed by atoms with E-state index in [-0.39, 0.29) is 0 Å². The minimum absolute atomic E-state index is 0.317. The summed E-state index contributed by atoms with van der Waals surface area (Å²) < 4.78 is 15.7. The lowest BCUT2D eigenvalue weighted by molar-refractivity contribution is 0.0727. The molecule has 1 unspecified atom stereocenters. The van der Waals surface area contributed by atoms with Gasteiger partial charge in [0.2, 0.25) is 0 Å². The lowest BCUT2D eigenvalue weighted by atomic mass is 10.2. The monoisotopic (exact) mass is 239 g/mol. The summed E-state index contributed by atoms with van der Waals surface area (Å²) in [5.41, 5.74) is 0.893. The number of ether oxygens (including phenoxy) is 3. The van der Waals surface area contributed by atoms with Crippen molar-refractivity contribution in [2.75, 3.05) is 38.8 Å². The van der Waals surface area contributed by atoms with Gasteiger partial charge in [-0.25, -0.2) is 0 Å². The first-order valence-electron chi connectivity index (χ1n) is 5.60. The highest BCUT2D eigenvalue weighted by molar-refractivity contribution is 5.55. The second-order valence-electron chi connectivity index (χ2n) is 3.85. The molecule has 1 heterocycles. The fourth-order valence-corrected chi connectivity index (χ4v) is 1.64. The second kappa shape index (κ2) is 5.75. The summed E-state index contributed by atoms with van der Waals surface area (Å²) in [4.78, 5) is 0. The van der Waals surface area contributed by atoms with Crippen LogP contribution in [0.3, 0.4) is 0 Å². The molecule has 1 aliphatic heterocycles. The van der Waals surface area contributed by atoms with Gasteiger partial charge in [0.15, 0.2) is 11.5 Å². The smallest absolute Gasteiger partial charge is 0.163 e. The van der Waals surface area contributed by atoms with E-state index in [1.807, 2.05) is 18.2 Å². The molecule has 0 spiro atoms. The van der Waals surface area contributed by atoms with Gasteiger partial charge in [-0.3, -0.25) is 0 Å². The molecule has 0 radical (unpaired) electrons. The molecule has 5 heteroatoms. The lowest BCUT2D eigenvalue weighted by Gasteiger charge is -2.19. The van der Waals surface area contributed by atoms with Gasteiger partial charge in [0.05, 0.1) is 12.7 Å². The summed E-state index contributed by atoms with van der Waals surface area (Å²) in [5, 5.41) is 12.6. The Hall–Kier alpha value is -1.46. The maximum atomic E-state index is 9.51. The van der Waals surface area contributed by atoms with Crippen molar-refractivity contribution in [3.8, 4) is 11.5 Å². The van der Waals surface area contributed by atoms with Gasteiger partial charge in [-0.2, -0.15) is 0 Å². The third-order valence-corrected chi connectivity index (χ3v) is 2.44. The molecule has 0 saturated carbocycles. The summed E-state index contributed by atoms with van der Waals surface area (Å²) in [6, 6.07) is 5.63. The molecular formula is C12H17NO4. The van der Waals surface area contributed by atoms with Crippen LogP contribution < -0.4 is 14.8 Å². The number of aliphatic hydroxyl groups excluding tert-OH is 1. The highest BCUT2D eigenvalue weighted by Gasteiger charge is 2.12. The molecule has 0 fully saturated rings. The van der Waals surface area contributed by atoms with Gasteiger partial charge in [0, 0.05) is 25.4 Å². The molecule has 0 aromatic heterocycles. The zero-order valence-electron chi connectivity index (χ0n) is 9.81. The van der Waals surface area contributed by atoms with Crippen LogP contribution in [0.15, 0.2) is 18.2 Å².